The number of aromatic amines is 1. The second kappa shape index (κ2) is 7.10. The summed E-state index contributed by atoms with van der Waals surface area (Å²) in [6.45, 7) is 10.2. The first-order valence-corrected chi connectivity index (χ1v) is 9.38. The summed E-state index contributed by atoms with van der Waals surface area (Å²) in [5, 5.41) is 0.841. The average Bonchev–Trinajstić information content (AvgIpc) is 2.57. The van der Waals surface area contributed by atoms with Crippen molar-refractivity contribution in [3.05, 3.63) is 44.7 Å². The Kier molecular flexibility index (Phi) is 5.09. The number of nitrogens with one attached hydrogen (secondary N) is 1. The van der Waals surface area contributed by atoms with Crippen LogP contribution in [0.2, 0.25) is 0 Å². The SMILES string of the molecule is CCN(Cc1c(C)[nH]c2c(C)cc(C)cc2c1=O)C1CCCCC1. The van der Waals surface area contributed by atoms with Crippen molar-refractivity contribution in [1.29, 1.82) is 0 Å². The normalized spacial score (nSPS) is 16.2. The third-order valence-electron chi connectivity index (χ3n) is 5.62. The summed E-state index contributed by atoms with van der Waals surface area (Å²) in [6.07, 6.45) is 6.56. The first kappa shape index (κ1) is 17.2. The van der Waals surface area contributed by atoms with Crippen LogP contribution >= 0.6 is 0 Å². The van der Waals surface area contributed by atoms with Gasteiger partial charge in [0.15, 0.2) is 5.43 Å². The molecule has 3 heteroatoms. The van der Waals surface area contributed by atoms with Gasteiger partial charge in [0.1, 0.15) is 0 Å². The minimum Gasteiger partial charge on any atom is -0.358 e. The van der Waals surface area contributed by atoms with Gasteiger partial charge in [0.05, 0.1) is 5.52 Å². The van der Waals surface area contributed by atoms with Crippen LogP contribution in [0.15, 0.2) is 16.9 Å². The average molecular weight is 326 g/mol. The number of hydrogen-bond acceptors (Lipinski definition) is 2. The zero-order valence-electron chi connectivity index (χ0n) is 15.5. The van der Waals surface area contributed by atoms with Crippen molar-refractivity contribution >= 4 is 10.9 Å². The molecule has 1 fully saturated rings. The van der Waals surface area contributed by atoms with Gasteiger partial charge in [0.25, 0.3) is 0 Å². The highest BCUT2D eigenvalue weighted by Crippen LogP contribution is 2.24. The smallest absolute Gasteiger partial charge is 0.194 e. The van der Waals surface area contributed by atoms with E-state index in [4.69, 9.17) is 0 Å². The molecule has 0 spiro atoms. The van der Waals surface area contributed by atoms with Gasteiger partial charge in [-0.3, -0.25) is 9.69 Å². The summed E-state index contributed by atoms with van der Waals surface area (Å²) in [6, 6.07) is 4.80. The molecule has 3 nitrogen and oxygen atoms in total. The largest absolute Gasteiger partial charge is 0.358 e. The Labute approximate surface area is 145 Å². The quantitative estimate of drug-likeness (QED) is 0.891. The summed E-state index contributed by atoms with van der Waals surface area (Å²) in [5.41, 5.74) is 5.47. The molecule has 1 aliphatic carbocycles. The lowest BCUT2D eigenvalue weighted by Gasteiger charge is -2.33. The van der Waals surface area contributed by atoms with Crippen LogP contribution in [0, 0.1) is 20.8 Å². The van der Waals surface area contributed by atoms with E-state index < -0.39 is 0 Å². The molecule has 1 heterocycles. The van der Waals surface area contributed by atoms with E-state index in [1.165, 1.54) is 32.1 Å². The molecule has 1 N–H and O–H groups in total. The molecular weight excluding hydrogens is 296 g/mol. The van der Waals surface area contributed by atoms with Gasteiger partial charge in [0, 0.05) is 29.2 Å². The van der Waals surface area contributed by atoms with E-state index in [2.05, 4.69) is 36.7 Å². The monoisotopic (exact) mass is 326 g/mol. The molecule has 24 heavy (non-hydrogen) atoms. The van der Waals surface area contributed by atoms with Crippen molar-refractivity contribution in [2.45, 2.75) is 72.4 Å². The van der Waals surface area contributed by atoms with E-state index in [1.54, 1.807) is 0 Å². The Hall–Kier alpha value is -1.61. The third-order valence-corrected chi connectivity index (χ3v) is 5.62. The van der Waals surface area contributed by atoms with Gasteiger partial charge in [0.2, 0.25) is 0 Å². The fraction of sp³-hybridized carbons (Fsp3) is 0.571. The summed E-state index contributed by atoms with van der Waals surface area (Å²) < 4.78 is 0. The second-order valence-corrected chi connectivity index (χ2v) is 7.42. The van der Waals surface area contributed by atoms with Crippen LogP contribution in [0.3, 0.4) is 0 Å². The third kappa shape index (κ3) is 3.27. The Morgan fingerprint density at radius 2 is 1.83 bits per heavy atom. The van der Waals surface area contributed by atoms with Gasteiger partial charge in [-0.25, -0.2) is 0 Å². The predicted molar refractivity (Wildman–Crippen MR) is 102 cm³/mol. The van der Waals surface area contributed by atoms with E-state index >= 15 is 0 Å². The van der Waals surface area contributed by atoms with Crippen LogP contribution in [0.1, 0.15) is 61.4 Å². The number of H-pyrrole nitrogens is 1. The maximum absolute atomic E-state index is 13.1. The van der Waals surface area contributed by atoms with E-state index in [-0.39, 0.29) is 5.43 Å². The minimum absolute atomic E-state index is 0.210. The first-order chi connectivity index (χ1) is 11.5. The molecule has 0 radical (unpaired) electrons. The van der Waals surface area contributed by atoms with Crippen molar-refractivity contribution in [2.75, 3.05) is 6.54 Å². The van der Waals surface area contributed by atoms with Crippen molar-refractivity contribution in [2.24, 2.45) is 0 Å². The Morgan fingerprint density at radius 3 is 2.50 bits per heavy atom. The number of nitrogens with zero attached hydrogens (tertiary/aromatic N) is 1. The maximum atomic E-state index is 13.1. The minimum atomic E-state index is 0.210. The molecule has 0 unspecified atom stereocenters. The molecule has 1 aromatic carbocycles. The number of aryl methyl sites for hydroxylation is 3. The lowest BCUT2D eigenvalue weighted by atomic mass is 9.93. The Morgan fingerprint density at radius 1 is 1.12 bits per heavy atom. The van der Waals surface area contributed by atoms with Gasteiger partial charge in [-0.15, -0.1) is 0 Å². The number of fused-ring (bicyclic) bond motifs is 1. The van der Waals surface area contributed by atoms with Crippen LogP contribution in [0.25, 0.3) is 10.9 Å². The van der Waals surface area contributed by atoms with E-state index in [9.17, 15) is 4.79 Å². The standard InChI is InChI=1S/C21H30N2O/c1-5-23(17-9-7-6-8-10-17)13-19-16(4)22-20-15(3)11-14(2)12-18(20)21(19)24/h11-12,17H,5-10,13H2,1-4H3,(H,22,24). The molecule has 1 saturated carbocycles. The van der Waals surface area contributed by atoms with Crippen LogP contribution in [0.5, 0.6) is 0 Å². The zero-order chi connectivity index (χ0) is 17.3. The number of pyridine rings is 1. The molecule has 130 valence electrons. The number of aromatic nitrogens is 1. The van der Waals surface area contributed by atoms with Crippen LogP contribution in [0.4, 0.5) is 0 Å². The molecule has 0 saturated heterocycles. The molecular formula is C21H30N2O. The number of hydrogen-bond donors (Lipinski definition) is 1. The molecule has 3 rings (SSSR count). The topological polar surface area (TPSA) is 36.1 Å². The van der Waals surface area contributed by atoms with Crippen LogP contribution in [-0.2, 0) is 6.54 Å². The summed E-state index contributed by atoms with van der Waals surface area (Å²) in [4.78, 5) is 19.1. The lowest BCUT2D eigenvalue weighted by Crippen LogP contribution is -2.37. The van der Waals surface area contributed by atoms with Gasteiger partial charge >= 0.3 is 0 Å². The number of rotatable bonds is 4. The summed E-state index contributed by atoms with van der Waals surface area (Å²) >= 11 is 0. The Balaban J connectivity index is 2.00. The summed E-state index contributed by atoms with van der Waals surface area (Å²) in [7, 11) is 0. The van der Waals surface area contributed by atoms with Crippen LogP contribution < -0.4 is 5.43 Å². The van der Waals surface area contributed by atoms with E-state index in [1.807, 2.05) is 13.0 Å². The van der Waals surface area contributed by atoms with Crippen molar-refractivity contribution in [3.63, 3.8) is 0 Å². The fourth-order valence-corrected chi connectivity index (χ4v) is 4.25. The summed E-state index contributed by atoms with van der Waals surface area (Å²) in [5.74, 6) is 0. The fourth-order valence-electron chi connectivity index (χ4n) is 4.25. The van der Waals surface area contributed by atoms with E-state index in [0.29, 0.717) is 6.04 Å². The van der Waals surface area contributed by atoms with Crippen molar-refractivity contribution in [3.8, 4) is 0 Å². The maximum Gasteiger partial charge on any atom is 0.194 e. The van der Waals surface area contributed by atoms with Crippen molar-refractivity contribution < 1.29 is 0 Å². The van der Waals surface area contributed by atoms with Gasteiger partial charge in [-0.05, 0) is 57.4 Å². The molecule has 0 atom stereocenters. The molecule has 0 aliphatic heterocycles. The van der Waals surface area contributed by atoms with E-state index in [0.717, 1.165) is 46.4 Å². The predicted octanol–water partition coefficient (Wildman–Crippen LogP) is 4.61. The van der Waals surface area contributed by atoms with Gasteiger partial charge < -0.3 is 4.98 Å². The highest BCUT2D eigenvalue weighted by Gasteiger charge is 2.22. The zero-order valence-corrected chi connectivity index (χ0v) is 15.5. The second-order valence-electron chi connectivity index (χ2n) is 7.42. The number of benzene rings is 1. The molecule has 0 amide bonds. The van der Waals surface area contributed by atoms with Gasteiger partial charge in [-0.2, -0.15) is 0 Å². The molecule has 2 aromatic rings. The molecule has 1 aliphatic rings. The first-order valence-electron chi connectivity index (χ1n) is 9.38. The molecule has 1 aromatic heterocycles. The van der Waals surface area contributed by atoms with Crippen LogP contribution in [-0.4, -0.2) is 22.5 Å². The Bertz CT molecular complexity index is 785. The highest BCUT2D eigenvalue weighted by molar-refractivity contribution is 5.83. The lowest BCUT2D eigenvalue weighted by molar-refractivity contribution is 0.155. The molecule has 0 bridgehead atoms. The van der Waals surface area contributed by atoms with Gasteiger partial charge in [-0.1, -0.05) is 32.3 Å². The highest BCUT2D eigenvalue weighted by atomic mass is 16.1. The van der Waals surface area contributed by atoms with Crippen molar-refractivity contribution in [1.82, 2.24) is 9.88 Å².